The number of fused-ring (bicyclic) bond motifs is 1. The lowest BCUT2D eigenvalue weighted by Crippen LogP contribution is -2.44. The van der Waals surface area contributed by atoms with E-state index in [1.807, 2.05) is 24.3 Å². The van der Waals surface area contributed by atoms with Crippen molar-refractivity contribution in [2.45, 2.75) is 24.3 Å². The van der Waals surface area contributed by atoms with Crippen LogP contribution in [0.15, 0.2) is 65.7 Å². The first kappa shape index (κ1) is 26.1. The number of aromatic nitrogens is 2. The lowest BCUT2D eigenvalue weighted by atomic mass is 9.96. The molecule has 0 aliphatic carbocycles. The first-order valence-electron chi connectivity index (χ1n) is 11.9. The number of pyridine rings is 1. The second kappa shape index (κ2) is 10.7. The van der Waals surface area contributed by atoms with Crippen molar-refractivity contribution < 1.29 is 26.7 Å². The minimum absolute atomic E-state index is 0.00314. The Morgan fingerprint density at radius 2 is 1.92 bits per heavy atom. The summed E-state index contributed by atoms with van der Waals surface area (Å²) in [6, 6.07) is 13.3. The largest absolute Gasteiger partial charge is 0.497 e. The number of carbonyl (C=O) groups excluding carboxylic acids is 1. The molecule has 1 aliphatic heterocycles. The topological polar surface area (TPSA) is 92.7 Å². The zero-order valence-corrected chi connectivity index (χ0v) is 22.0. The number of piperidine rings is 1. The van der Waals surface area contributed by atoms with Crippen molar-refractivity contribution in [1.29, 1.82) is 0 Å². The van der Waals surface area contributed by atoms with Crippen LogP contribution in [-0.4, -0.2) is 48.8 Å². The molecule has 1 amide bonds. The molecule has 2 aromatic carbocycles. The third kappa shape index (κ3) is 5.24. The first-order chi connectivity index (χ1) is 18.3. The summed E-state index contributed by atoms with van der Waals surface area (Å²) in [5.74, 6) is -1.86. The summed E-state index contributed by atoms with van der Waals surface area (Å²) in [5, 5.41) is 0.501. The molecule has 0 N–H and O–H groups in total. The van der Waals surface area contributed by atoms with Crippen LogP contribution in [0, 0.1) is 17.6 Å². The predicted octanol–water partition coefficient (Wildman–Crippen LogP) is 4.61. The molecular weight excluding hydrogens is 534 g/mol. The quantitative estimate of drug-likeness (QED) is 0.329. The molecule has 1 fully saturated rings. The smallest absolute Gasteiger partial charge is 0.246 e. The van der Waals surface area contributed by atoms with E-state index in [-0.39, 0.29) is 38.4 Å². The van der Waals surface area contributed by atoms with E-state index in [0.29, 0.717) is 22.6 Å². The van der Waals surface area contributed by atoms with Crippen molar-refractivity contribution in [2.75, 3.05) is 25.1 Å². The highest BCUT2D eigenvalue weighted by Crippen LogP contribution is 2.34. The van der Waals surface area contributed by atoms with E-state index in [4.69, 9.17) is 4.74 Å². The summed E-state index contributed by atoms with van der Waals surface area (Å²) in [4.78, 5) is 23.7. The molecule has 0 atom stereocenters. The van der Waals surface area contributed by atoms with Crippen molar-refractivity contribution in [1.82, 2.24) is 14.3 Å². The third-order valence-corrected chi connectivity index (χ3v) is 9.40. The van der Waals surface area contributed by atoms with Gasteiger partial charge >= 0.3 is 0 Å². The molecular formula is C26H24F2N4O4S2. The highest BCUT2D eigenvalue weighted by Gasteiger charge is 2.36. The van der Waals surface area contributed by atoms with Gasteiger partial charge in [-0.05, 0) is 61.4 Å². The van der Waals surface area contributed by atoms with Crippen LogP contribution in [0.1, 0.15) is 18.5 Å². The van der Waals surface area contributed by atoms with Crippen molar-refractivity contribution in [2.24, 2.45) is 5.92 Å². The number of nitrogens with zero attached hydrogens (tertiary/aromatic N) is 4. The van der Waals surface area contributed by atoms with Gasteiger partial charge in [-0.3, -0.25) is 14.7 Å². The zero-order chi connectivity index (χ0) is 26.9. The van der Waals surface area contributed by atoms with Crippen LogP contribution in [0.3, 0.4) is 0 Å². The molecule has 198 valence electrons. The van der Waals surface area contributed by atoms with Gasteiger partial charge in [-0.25, -0.2) is 22.2 Å². The molecule has 1 saturated heterocycles. The van der Waals surface area contributed by atoms with Crippen molar-refractivity contribution >= 4 is 42.6 Å². The Balaban J connectivity index is 1.38. The number of hydrogen-bond donors (Lipinski definition) is 0. The van der Waals surface area contributed by atoms with E-state index in [2.05, 4.69) is 9.97 Å². The standard InChI is InChI=1S/C26H24F2N4O4S2/c1-36-20-6-8-22-23(15-20)37-26(30-22)32(16-19-4-2-3-11-29-19)25(33)17-9-12-31(13-10-17)38(34,35)24-14-18(27)5-7-21(24)28/h2-8,11,14-15,17H,9-10,12-13,16H2,1H3. The van der Waals surface area contributed by atoms with Crippen molar-refractivity contribution in [3.63, 3.8) is 0 Å². The van der Waals surface area contributed by atoms with E-state index in [1.165, 1.54) is 11.3 Å². The summed E-state index contributed by atoms with van der Waals surface area (Å²) < 4.78 is 61.1. The van der Waals surface area contributed by atoms with Gasteiger partial charge in [0.2, 0.25) is 15.9 Å². The fourth-order valence-corrected chi connectivity index (χ4v) is 6.95. The van der Waals surface area contributed by atoms with E-state index in [0.717, 1.165) is 26.7 Å². The van der Waals surface area contributed by atoms with Crippen LogP contribution in [0.25, 0.3) is 10.2 Å². The number of thiazole rings is 1. The average Bonchev–Trinajstić information content (AvgIpc) is 3.36. The number of sulfonamides is 1. The average molecular weight is 559 g/mol. The number of carbonyl (C=O) groups is 1. The third-order valence-electron chi connectivity index (χ3n) is 6.44. The number of rotatable bonds is 7. The minimum atomic E-state index is -4.25. The molecule has 3 heterocycles. The SMILES string of the molecule is COc1ccc2nc(N(Cc3ccccn3)C(=O)C3CCN(S(=O)(=O)c4cc(F)ccc4F)CC3)sc2c1. The Kier molecular flexibility index (Phi) is 7.37. The molecule has 0 unspecified atom stereocenters. The molecule has 0 spiro atoms. The molecule has 12 heteroatoms. The van der Waals surface area contributed by atoms with Gasteiger partial charge in [0.1, 0.15) is 22.3 Å². The van der Waals surface area contributed by atoms with Gasteiger partial charge in [0.05, 0.1) is 29.6 Å². The summed E-state index contributed by atoms with van der Waals surface area (Å²) in [6.45, 7) is 0.204. The van der Waals surface area contributed by atoms with Gasteiger partial charge in [-0.2, -0.15) is 4.31 Å². The highest BCUT2D eigenvalue weighted by atomic mass is 32.2. The highest BCUT2D eigenvalue weighted by molar-refractivity contribution is 7.89. The summed E-state index contributed by atoms with van der Waals surface area (Å²) in [5.41, 5.74) is 1.40. The fourth-order valence-electron chi connectivity index (χ4n) is 4.41. The molecule has 8 nitrogen and oxygen atoms in total. The normalized spacial score (nSPS) is 15.0. The number of benzene rings is 2. The maximum atomic E-state index is 14.2. The van der Waals surface area contributed by atoms with Crippen LogP contribution < -0.4 is 9.64 Å². The molecule has 0 saturated carbocycles. The van der Waals surface area contributed by atoms with E-state index in [9.17, 15) is 22.0 Å². The van der Waals surface area contributed by atoms with E-state index in [1.54, 1.807) is 30.3 Å². The predicted molar refractivity (Wildman–Crippen MR) is 139 cm³/mol. The Morgan fingerprint density at radius 3 is 2.63 bits per heavy atom. The monoisotopic (exact) mass is 558 g/mol. The molecule has 2 aromatic heterocycles. The van der Waals surface area contributed by atoms with Gasteiger partial charge in [0, 0.05) is 25.2 Å². The summed E-state index contributed by atoms with van der Waals surface area (Å²) >= 11 is 1.35. The Bertz CT molecular complexity index is 1570. The van der Waals surface area contributed by atoms with Crippen LogP contribution in [0.2, 0.25) is 0 Å². The second-order valence-electron chi connectivity index (χ2n) is 8.83. The van der Waals surface area contributed by atoms with Crippen LogP contribution >= 0.6 is 11.3 Å². The van der Waals surface area contributed by atoms with Gasteiger partial charge in [0.25, 0.3) is 0 Å². The summed E-state index contributed by atoms with van der Waals surface area (Å²) in [6.07, 6.45) is 2.11. The van der Waals surface area contributed by atoms with Gasteiger partial charge in [-0.1, -0.05) is 17.4 Å². The Hall–Kier alpha value is -3.48. The number of halogens is 2. The van der Waals surface area contributed by atoms with Crippen LogP contribution in [-0.2, 0) is 21.4 Å². The van der Waals surface area contributed by atoms with Gasteiger partial charge in [-0.15, -0.1) is 0 Å². The first-order valence-corrected chi connectivity index (χ1v) is 14.1. The van der Waals surface area contributed by atoms with E-state index < -0.39 is 32.5 Å². The second-order valence-corrected chi connectivity index (χ2v) is 11.7. The summed E-state index contributed by atoms with van der Waals surface area (Å²) in [7, 11) is -2.67. The molecule has 5 rings (SSSR count). The van der Waals surface area contributed by atoms with Crippen molar-refractivity contribution in [3.05, 3.63) is 78.1 Å². The number of hydrogen-bond acceptors (Lipinski definition) is 7. The number of anilines is 1. The van der Waals surface area contributed by atoms with Crippen molar-refractivity contribution in [3.8, 4) is 5.75 Å². The van der Waals surface area contributed by atoms with E-state index >= 15 is 0 Å². The number of amides is 1. The lowest BCUT2D eigenvalue weighted by molar-refractivity contribution is -0.123. The van der Waals surface area contributed by atoms with Gasteiger partial charge in [0.15, 0.2) is 5.13 Å². The van der Waals surface area contributed by atoms with Gasteiger partial charge < -0.3 is 4.74 Å². The molecule has 4 aromatic rings. The molecule has 1 aliphatic rings. The maximum Gasteiger partial charge on any atom is 0.246 e. The maximum absolute atomic E-state index is 14.2. The minimum Gasteiger partial charge on any atom is -0.497 e. The zero-order valence-electron chi connectivity index (χ0n) is 20.4. The van der Waals surface area contributed by atoms with Crippen LogP contribution in [0.4, 0.5) is 13.9 Å². The fraction of sp³-hybridized carbons (Fsp3) is 0.269. The molecule has 0 bridgehead atoms. The number of methoxy groups -OCH3 is 1. The Morgan fingerprint density at radius 1 is 1.13 bits per heavy atom. The molecule has 38 heavy (non-hydrogen) atoms. The van der Waals surface area contributed by atoms with Crippen LogP contribution in [0.5, 0.6) is 5.75 Å². The lowest BCUT2D eigenvalue weighted by Gasteiger charge is -2.33. The Labute approximate surface area is 222 Å². The number of ether oxygens (including phenoxy) is 1. The molecule has 0 radical (unpaired) electrons.